The lowest BCUT2D eigenvalue weighted by Gasteiger charge is -2.19. The second-order valence-corrected chi connectivity index (χ2v) is 4.01. The fraction of sp³-hybridized carbons (Fsp3) is 0.250. The minimum Gasteiger partial charge on any atom is -0.0991 e. The van der Waals surface area contributed by atoms with Gasteiger partial charge in [-0.25, -0.2) is 0 Å². The molecule has 16 heavy (non-hydrogen) atoms. The fourth-order valence-electron chi connectivity index (χ4n) is 1.94. The van der Waals surface area contributed by atoms with Crippen LogP contribution in [0.5, 0.6) is 0 Å². The molecule has 0 fully saturated rings. The quantitative estimate of drug-likeness (QED) is 0.581. The van der Waals surface area contributed by atoms with Gasteiger partial charge in [0.05, 0.1) is 0 Å². The van der Waals surface area contributed by atoms with E-state index in [1.165, 1.54) is 22.3 Å². The van der Waals surface area contributed by atoms with E-state index >= 15 is 0 Å². The summed E-state index contributed by atoms with van der Waals surface area (Å²) in [6.45, 7) is 11.8. The third-order valence-electron chi connectivity index (χ3n) is 2.84. The lowest BCUT2D eigenvalue weighted by molar-refractivity contribution is 0.989. The summed E-state index contributed by atoms with van der Waals surface area (Å²) < 4.78 is 0. The predicted octanol–water partition coefficient (Wildman–Crippen LogP) is 4.90. The van der Waals surface area contributed by atoms with Crippen molar-refractivity contribution in [3.05, 3.63) is 71.9 Å². The van der Waals surface area contributed by atoms with Crippen molar-refractivity contribution in [2.45, 2.75) is 26.7 Å². The first-order valence-electron chi connectivity index (χ1n) is 5.67. The Hall–Kier alpha value is -1.56. The van der Waals surface area contributed by atoms with E-state index in [4.69, 9.17) is 0 Å². The van der Waals surface area contributed by atoms with Gasteiger partial charge in [-0.2, -0.15) is 0 Å². The first-order chi connectivity index (χ1) is 7.72. The normalized spacial score (nSPS) is 17.6. The molecule has 0 bridgehead atoms. The van der Waals surface area contributed by atoms with Crippen LogP contribution in [0.3, 0.4) is 0 Å². The van der Waals surface area contributed by atoms with Crippen LogP contribution >= 0.6 is 0 Å². The monoisotopic (exact) mass is 212 g/mol. The van der Waals surface area contributed by atoms with Crippen LogP contribution in [0.1, 0.15) is 26.7 Å². The topological polar surface area (TPSA) is 0 Å². The van der Waals surface area contributed by atoms with E-state index in [0.29, 0.717) is 0 Å². The highest BCUT2D eigenvalue weighted by Crippen LogP contribution is 2.31. The standard InChI is InChI=1S/C16H20/c1-5-8-10-15-12-16(9-6-2)14(7-3)11-13(15)4/h5-10H,1,3,11-12H2,2,4H3/b9-6-,10-8-. The molecule has 1 aliphatic rings. The molecule has 84 valence electrons. The maximum absolute atomic E-state index is 3.89. The molecule has 0 heteroatoms. The summed E-state index contributed by atoms with van der Waals surface area (Å²) in [4.78, 5) is 0. The van der Waals surface area contributed by atoms with Crippen molar-refractivity contribution in [3.8, 4) is 0 Å². The van der Waals surface area contributed by atoms with Gasteiger partial charge in [-0.15, -0.1) is 0 Å². The van der Waals surface area contributed by atoms with Gasteiger partial charge >= 0.3 is 0 Å². The largest absolute Gasteiger partial charge is 0.0991 e. The number of hydrogen-bond acceptors (Lipinski definition) is 0. The molecule has 0 aliphatic heterocycles. The Labute approximate surface area is 99.1 Å². The van der Waals surface area contributed by atoms with E-state index in [2.05, 4.69) is 45.2 Å². The SMILES string of the molecule is C=C/C=C\C1=C(C)CC(C=C)=C(/C=C\C)C1. The molecule has 0 aromatic rings. The maximum Gasteiger partial charge on any atom is -0.00235 e. The molecule has 0 N–H and O–H groups in total. The van der Waals surface area contributed by atoms with Crippen molar-refractivity contribution < 1.29 is 0 Å². The van der Waals surface area contributed by atoms with Crippen LogP contribution in [-0.2, 0) is 0 Å². The van der Waals surface area contributed by atoms with E-state index in [1.807, 2.05) is 18.2 Å². The van der Waals surface area contributed by atoms with Gasteiger partial charge in [0, 0.05) is 0 Å². The average molecular weight is 212 g/mol. The molecule has 0 spiro atoms. The molecule has 0 heterocycles. The van der Waals surface area contributed by atoms with Crippen LogP contribution in [0.25, 0.3) is 0 Å². The lowest BCUT2D eigenvalue weighted by atomic mass is 9.86. The number of allylic oxidation sites excluding steroid dienone is 10. The van der Waals surface area contributed by atoms with Crippen LogP contribution < -0.4 is 0 Å². The van der Waals surface area contributed by atoms with E-state index < -0.39 is 0 Å². The first kappa shape index (κ1) is 12.5. The second kappa shape index (κ2) is 6.12. The molecule has 0 amide bonds. The molecular weight excluding hydrogens is 192 g/mol. The summed E-state index contributed by atoms with van der Waals surface area (Å²) in [6.07, 6.45) is 14.3. The highest BCUT2D eigenvalue weighted by Gasteiger charge is 2.12. The zero-order chi connectivity index (χ0) is 12.0. The fourth-order valence-corrected chi connectivity index (χ4v) is 1.94. The minimum atomic E-state index is 1.00. The van der Waals surface area contributed by atoms with Crippen LogP contribution in [0, 0.1) is 0 Å². The highest BCUT2D eigenvalue weighted by atomic mass is 14.2. The first-order valence-corrected chi connectivity index (χ1v) is 5.67. The van der Waals surface area contributed by atoms with Gasteiger partial charge in [0.25, 0.3) is 0 Å². The Morgan fingerprint density at radius 2 is 1.75 bits per heavy atom. The summed E-state index contributed by atoms with van der Waals surface area (Å²) in [5.74, 6) is 0. The third kappa shape index (κ3) is 2.96. The molecule has 0 aromatic carbocycles. The van der Waals surface area contributed by atoms with Crippen LogP contribution in [-0.4, -0.2) is 0 Å². The summed E-state index contributed by atoms with van der Waals surface area (Å²) in [6, 6.07) is 0. The molecule has 0 atom stereocenters. The third-order valence-corrected chi connectivity index (χ3v) is 2.84. The summed E-state index contributed by atoms with van der Waals surface area (Å²) in [5.41, 5.74) is 5.57. The van der Waals surface area contributed by atoms with E-state index in [9.17, 15) is 0 Å². The Balaban J connectivity index is 2.99. The highest BCUT2D eigenvalue weighted by molar-refractivity contribution is 5.46. The second-order valence-electron chi connectivity index (χ2n) is 4.01. The van der Waals surface area contributed by atoms with Gasteiger partial charge in [-0.1, -0.05) is 55.2 Å². The van der Waals surface area contributed by atoms with Crippen molar-refractivity contribution in [2.24, 2.45) is 0 Å². The summed E-state index contributed by atoms with van der Waals surface area (Å²) >= 11 is 0. The predicted molar refractivity (Wildman–Crippen MR) is 73.3 cm³/mol. The van der Waals surface area contributed by atoms with Gasteiger partial charge in [0.2, 0.25) is 0 Å². The zero-order valence-corrected chi connectivity index (χ0v) is 10.3. The van der Waals surface area contributed by atoms with Crippen molar-refractivity contribution in [1.29, 1.82) is 0 Å². The van der Waals surface area contributed by atoms with Gasteiger partial charge in [-0.05, 0) is 43.4 Å². The zero-order valence-electron chi connectivity index (χ0n) is 10.3. The molecule has 1 rings (SSSR count). The van der Waals surface area contributed by atoms with Crippen LogP contribution in [0.15, 0.2) is 71.9 Å². The molecular formula is C16H20. The van der Waals surface area contributed by atoms with Crippen LogP contribution in [0.4, 0.5) is 0 Å². The van der Waals surface area contributed by atoms with Crippen LogP contribution in [0.2, 0.25) is 0 Å². The molecule has 0 saturated heterocycles. The maximum atomic E-state index is 3.89. The van der Waals surface area contributed by atoms with Crippen molar-refractivity contribution in [3.63, 3.8) is 0 Å². The van der Waals surface area contributed by atoms with Gasteiger partial charge in [-0.3, -0.25) is 0 Å². The van der Waals surface area contributed by atoms with E-state index in [0.717, 1.165) is 12.8 Å². The van der Waals surface area contributed by atoms with Crippen molar-refractivity contribution in [2.75, 3.05) is 0 Å². The van der Waals surface area contributed by atoms with Crippen molar-refractivity contribution in [1.82, 2.24) is 0 Å². The van der Waals surface area contributed by atoms with Gasteiger partial charge < -0.3 is 0 Å². The van der Waals surface area contributed by atoms with Gasteiger partial charge in [0.1, 0.15) is 0 Å². The Bertz CT molecular complexity index is 398. The number of rotatable bonds is 4. The molecule has 1 aliphatic carbocycles. The molecule has 0 nitrogen and oxygen atoms in total. The molecule has 0 saturated carbocycles. The summed E-state index contributed by atoms with van der Waals surface area (Å²) in [7, 11) is 0. The lowest BCUT2D eigenvalue weighted by Crippen LogP contribution is -2.00. The Kier molecular flexibility index (Phi) is 4.78. The number of hydrogen-bond donors (Lipinski definition) is 0. The Morgan fingerprint density at radius 1 is 1.00 bits per heavy atom. The van der Waals surface area contributed by atoms with Crippen molar-refractivity contribution >= 4 is 0 Å². The minimum absolute atomic E-state index is 1.00. The molecule has 0 aromatic heterocycles. The molecule has 0 unspecified atom stereocenters. The van der Waals surface area contributed by atoms with E-state index in [-0.39, 0.29) is 0 Å². The average Bonchev–Trinajstić information content (AvgIpc) is 2.29. The summed E-state index contributed by atoms with van der Waals surface area (Å²) in [5, 5.41) is 0. The smallest absolute Gasteiger partial charge is 0.00235 e. The molecule has 0 radical (unpaired) electrons. The Morgan fingerprint density at radius 3 is 2.31 bits per heavy atom. The van der Waals surface area contributed by atoms with Gasteiger partial charge in [0.15, 0.2) is 0 Å². The van der Waals surface area contributed by atoms with E-state index in [1.54, 1.807) is 0 Å².